The topological polar surface area (TPSA) is 55.6 Å². The van der Waals surface area contributed by atoms with Crippen molar-refractivity contribution in [3.8, 4) is 0 Å². The maximum Gasteiger partial charge on any atom is 0.214 e. The molecule has 1 heterocycles. The quantitative estimate of drug-likeness (QED) is 0.920. The largest absolute Gasteiger partial charge is 0.313 e. The highest BCUT2D eigenvalue weighted by atomic mass is 35.5. The van der Waals surface area contributed by atoms with Gasteiger partial charge in [0.15, 0.2) is 0 Å². The molecule has 3 rings (SSSR count). The van der Waals surface area contributed by atoms with Crippen molar-refractivity contribution in [3.63, 3.8) is 0 Å². The normalized spacial score (nSPS) is 16.4. The highest BCUT2D eigenvalue weighted by molar-refractivity contribution is 7.99. The highest BCUT2D eigenvalue weighted by Gasteiger charge is 2.28. The van der Waals surface area contributed by atoms with Crippen LogP contribution in [0.1, 0.15) is 37.4 Å². The Morgan fingerprint density at radius 2 is 2.25 bits per heavy atom. The van der Waals surface area contributed by atoms with Crippen molar-refractivity contribution in [2.24, 2.45) is 0 Å². The molecule has 1 aromatic heterocycles. The van der Waals surface area contributed by atoms with Crippen LogP contribution in [-0.4, -0.2) is 27.3 Å². The van der Waals surface area contributed by atoms with E-state index in [-0.39, 0.29) is 6.04 Å². The van der Waals surface area contributed by atoms with Crippen LogP contribution in [0, 0.1) is 0 Å². The molecule has 1 N–H and O–H groups in total. The van der Waals surface area contributed by atoms with Gasteiger partial charge in [-0.3, -0.25) is 0 Å². The molecule has 7 heteroatoms. The standard InChI is InChI=1S/C13H16ClN5S/c1-8(15-2)11-6-5-10(7-12(11)14)20-13-16-17-18-19(13)9-3-4-9/h5-9,15H,3-4H2,1-2H3. The number of benzene rings is 1. The van der Waals surface area contributed by atoms with Gasteiger partial charge in [-0.1, -0.05) is 17.7 Å². The van der Waals surface area contributed by atoms with Gasteiger partial charge in [0.1, 0.15) is 0 Å². The third kappa shape index (κ3) is 2.82. The second-order valence-corrected chi connectivity index (χ2v) is 6.38. The Balaban J connectivity index is 1.80. The van der Waals surface area contributed by atoms with Gasteiger partial charge >= 0.3 is 0 Å². The molecule has 1 aromatic carbocycles. The smallest absolute Gasteiger partial charge is 0.214 e. The molecule has 0 saturated heterocycles. The zero-order valence-corrected chi connectivity index (χ0v) is 12.9. The van der Waals surface area contributed by atoms with Crippen LogP contribution in [0.5, 0.6) is 0 Å². The van der Waals surface area contributed by atoms with Crippen molar-refractivity contribution in [1.29, 1.82) is 0 Å². The van der Waals surface area contributed by atoms with Crippen LogP contribution in [0.3, 0.4) is 0 Å². The van der Waals surface area contributed by atoms with E-state index in [0.29, 0.717) is 6.04 Å². The molecular formula is C13H16ClN5S. The van der Waals surface area contributed by atoms with Crippen molar-refractivity contribution >= 4 is 23.4 Å². The zero-order chi connectivity index (χ0) is 14.1. The first kappa shape index (κ1) is 13.9. The van der Waals surface area contributed by atoms with E-state index < -0.39 is 0 Å². The van der Waals surface area contributed by atoms with E-state index in [0.717, 1.165) is 33.5 Å². The van der Waals surface area contributed by atoms with Crippen LogP contribution in [0.15, 0.2) is 28.3 Å². The Hall–Kier alpha value is -1.11. The summed E-state index contributed by atoms with van der Waals surface area (Å²) in [6.07, 6.45) is 2.33. The Bertz CT molecular complexity index is 611. The number of hydrogen-bond acceptors (Lipinski definition) is 5. The van der Waals surface area contributed by atoms with E-state index in [4.69, 9.17) is 11.6 Å². The van der Waals surface area contributed by atoms with Gasteiger partial charge in [-0.25, -0.2) is 4.68 Å². The molecule has 1 aliphatic carbocycles. The fourth-order valence-electron chi connectivity index (χ4n) is 1.98. The molecule has 0 aliphatic heterocycles. The summed E-state index contributed by atoms with van der Waals surface area (Å²) in [5.41, 5.74) is 1.10. The number of halogens is 1. The van der Waals surface area contributed by atoms with E-state index in [2.05, 4.69) is 39.9 Å². The lowest BCUT2D eigenvalue weighted by Gasteiger charge is -2.13. The zero-order valence-electron chi connectivity index (χ0n) is 11.4. The summed E-state index contributed by atoms with van der Waals surface area (Å²) in [4.78, 5) is 1.05. The Morgan fingerprint density at radius 3 is 2.90 bits per heavy atom. The molecule has 2 aromatic rings. The van der Waals surface area contributed by atoms with E-state index in [1.54, 1.807) is 11.8 Å². The molecular weight excluding hydrogens is 294 g/mol. The SMILES string of the molecule is CNC(C)c1ccc(Sc2nnnn2C2CC2)cc1Cl. The van der Waals surface area contributed by atoms with Gasteiger partial charge < -0.3 is 5.32 Å². The molecule has 1 aliphatic rings. The maximum atomic E-state index is 6.35. The molecule has 1 saturated carbocycles. The first-order valence-electron chi connectivity index (χ1n) is 6.61. The lowest BCUT2D eigenvalue weighted by atomic mass is 10.1. The van der Waals surface area contributed by atoms with Crippen LogP contribution < -0.4 is 5.32 Å². The van der Waals surface area contributed by atoms with Crippen LogP contribution in [0.25, 0.3) is 0 Å². The summed E-state index contributed by atoms with van der Waals surface area (Å²) >= 11 is 7.90. The summed E-state index contributed by atoms with van der Waals surface area (Å²) in [5, 5.41) is 16.7. The van der Waals surface area contributed by atoms with Gasteiger partial charge in [0.2, 0.25) is 5.16 Å². The number of aromatic nitrogens is 4. The number of rotatable bonds is 5. The average molecular weight is 310 g/mol. The van der Waals surface area contributed by atoms with E-state index in [1.165, 1.54) is 0 Å². The minimum atomic E-state index is 0.235. The Labute approximate surface area is 127 Å². The fourth-order valence-corrected chi connectivity index (χ4v) is 3.27. The van der Waals surface area contributed by atoms with Crippen molar-refractivity contribution in [3.05, 3.63) is 28.8 Å². The van der Waals surface area contributed by atoms with Crippen LogP contribution in [0.2, 0.25) is 5.02 Å². The molecule has 0 spiro atoms. The molecule has 0 amide bonds. The molecule has 20 heavy (non-hydrogen) atoms. The lowest BCUT2D eigenvalue weighted by molar-refractivity contribution is 0.565. The van der Waals surface area contributed by atoms with E-state index in [9.17, 15) is 0 Å². The lowest BCUT2D eigenvalue weighted by Crippen LogP contribution is -2.12. The van der Waals surface area contributed by atoms with Gasteiger partial charge in [-0.05, 0) is 66.7 Å². The summed E-state index contributed by atoms with van der Waals surface area (Å²) in [5.74, 6) is 0. The molecule has 0 bridgehead atoms. The van der Waals surface area contributed by atoms with Crippen LogP contribution in [0.4, 0.5) is 0 Å². The number of nitrogens with one attached hydrogen (secondary N) is 1. The third-order valence-electron chi connectivity index (χ3n) is 3.44. The van der Waals surface area contributed by atoms with Crippen molar-refractivity contribution < 1.29 is 0 Å². The van der Waals surface area contributed by atoms with Gasteiger partial charge in [-0.2, -0.15) is 0 Å². The minimum Gasteiger partial charge on any atom is -0.313 e. The van der Waals surface area contributed by atoms with Crippen LogP contribution >= 0.6 is 23.4 Å². The predicted octanol–water partition coefficient (Wildman–Crippen LogP) is 3.09. The first-order valence-corrected chi connectivity index (χ1v) is 7.81. The van der Waals surface area contributed by atoms with Crippen molar-refractivity contribution in [2.45, 2.75) is 41.9 Å². The molecule has 0 radical (unpaired) electrons. The predicted molar refractivity (Wildman–Crippen MR) is 79.1 cm³/mol. The summed E-state index contributed by atoms with van der Waals surface area (Å²) in [6.45, 7) is 2.08. The molecule has 1 fully saturated rings. The second kappa shape index (κ2) is 5.71. The molecule has 1 atom stereocenters. The summed E-state index contributed by atoms with van der Waals surface area (Å²) in [6, 6.07) is 6.80. The van der Waals surface area contributed by atoms with E-state index in [1.807, 2.05) is 17.8 Å². The summed E-state index contributed by atoms with van der Waals surface area (Å²) < 4.78 is 1.91. The first-order chi connectivity index (χ1) is 9.69. The average Bonchev–Trinajstić information content (AvgIpc) is 3.19. The van der Waals surface area contributed by atoms with Crippen molar-refractivity contribution in [2.75, 3.05) is 7.05 Å². The van der Waals surface area contributed by atoms with Gasteiger partial charge in [-0.15, -0.1) is 5.10 Å². The van der Waals surface area contributed by atoms with Crippen LogP contribution in [-0.2, 0) is 0 Å². The van der Waals surface area contributed by atoms with Gasteiger partial charge in [0.05, 0.1) is 6.04 Å². The van der Waals surface area contributed by atoms with Crippen molar-refractivity contribution in [1.82, 2.24) is 25.5 Å². The third-order valence-corrected chi connectivity index (χ3v) is 4.70. The molecule has 106 valence electrons. The molecule has 5 nitrogen and oxygen atoms in total. The highest BCUT2D eigenvalue weighted by Crippen LogP contribution is 2.38. The van der Waals surface area contributed by atoms with Gasteiger partial charge in [0.25, 0.3) is 0 Å². The van der Waals surface area contributed by atoms with E-state index >= 15 is 0 Å². The fraction of sp³-hybridized carbons (Fsp3) is 0.462. The molecule has 1 unspecified atom stereocenters. The van der Waals surface area contributed by atoms with Gasteiger partial charge in [0, 0.05) is 16.0 Å². The minimum absolute atomic E-state index is 0.235. The monoisotopic (exact) mass is 309 g/mol. The Morgan fingerprint density at radius 1 is 1.45 bits per heavy atom. The number of nitrogens with zero attached hydrogens (tertiary/aromatic N) is 4. The second-order valence-electron chi connectivity index (χ2n) is 4.93. The summed E-state index contributed by atoms with van der Waals surface area (Å²) in [7, 11) is 1.92. The number of hydrogen-bond donors (Lipinski definition) is 1. The number of tetrazole rings is 1. The maximum absolute atomic E-state index is 6.35. The Kier molecular flexibility index (Phi) is 3.96.